The van der Waals surface area contributed by atoms with Crippen LogP contribution in [0.3, 0.4) is 0 Å². The number of hydrogen-bond donors (Lipinski definition) is 1. The van der Waals surface area contributed by atoms with Crippen LogP contribution >= 0.6 is 0 Å². The number of rotatable bonds is 3. The topological polar surface area (TPSA) is 29.3 Å². The Kier molecular flexibility index (Phi) is 3.43. The van der Waals surface area contributed by atoms with Crippen LogP contribution in [0.4, 0.5) is 5.69 Å². The SMILES string of the molecule is CCc1cccc(CC)c1N1CCC(C)(N)C1. The molecular formula is C15H24N2. The van der Waals surface area contributed by atoms with Crippen LogP contribution in [-0.4, -0.2) is 18.6 Å². The fraction of sp³-hybridized carbons (Fsp3) is 0.600. The Morgan fingerprint density at radius 3 is 2.24 bits per heavy atom. The zero-order valence-corrected chi connectivity index (χ0v) is 11.3. The molecule has 0 aromatic heterocycles. The summed E-state index contributed by atoms with van der Waals surface area (Å²) in [6, 6.07) is 6.68. The lowest BCUT2D eigenvalue weighted by molar-refractivity contribution is 0.525. The fourth-order valence-electron chi connectivity index (χ4n) is 2.80. The van der Waals surface area contributed by atoms with E-state index in [2.05, 4.69) is 43.9 Å². The number of nitrogens with two attached hydrogens (primary N) is 1. The molecule has 1 aliphatic heterocycles. The van der Waals surface area contributed by atoms with E-state index in [0.29, 0.717) is 0 Å². The molecule has 1 aromatic rings. The molecule has 1 unspecified atom stereocenters. The minimum Gasteiger partial charge on any atom is -0.369 e. The van der Waals surface area contributed by atoms with Gasteiger partial charge in [0.25, 0.3) is 0 Å². The van der Waals surface area contributed by atoms with Crippen LogP contribution in [0.25, 0.3) is 0 Å². The van der Waals surface area contributed by atoms with Gasteiger partial charge in [0.2, 0.25) is 0 Å². The van der Waals surface area contributed by atoms with Gasteiger partial charge in [-0.05, 0) is 37.3 Å². The van der Waals surface area contributed by atoms with Crippen LogP contribution in [0.2, 0.25) is 0 Å². The molecule has 0 aliphatic carbocycles. The third-order valence-corrected chi connectivity index (χ3v) is 3.79. The molecule has 1 heterocycles. The van der Waals surface area contributed by atoms with E-state index >= 15 is 0 Å². The van der Waals surface area contributed by atoms with Crippen LogP contribution in [0.5, 0.6) is 0 Å². The van der Waals surface area contributed by atoms with Crippen LogP contribution in [0.1, 0.15) is 38.3 Å². The Morgan fingerprint density at radius 2 is 1.82 bits per heavy atom. The Labute approximate surface area is 105 Å². The molecule has 2 rings (SSSR count). The van der Waals surface area contributed by atoms with E-state index in [1.807, 2.05) is 0 Å². The van der Waals surface area contributed by atoms with Crippen molar-refractivity contribution in [2.75, 3.05) is 18.0 Å². The van der Waals surface area contributed by atoms with Crippen molar-refractivity contribution in [1.29, 1.82) is 0 Å². The number of aryl methyl sites for hydroxylation is 2. The average Bonchev–Trinajstić information content (AvgIpc) is 2.68. The van der Waals surface area contributed by atoms with Crippen molar-refractivity contribution >= 4 is 5.69 Å². The minimum atomic E-state index is -0.0220. The third-order valence-electron chi connectivity index (χ3n) is 3.79. The van der Waals surface area contributed by atoms with Crippen molar-refractivity contribution in [3.63, 3.8) is 0 Å². The van der Waals surface area contributed by atoms with Crippen LogP contribution < -0.4 is 10.6 Å². The second-order valence-corrected chi connectivity index (χ2v) is 5.46. The molecule has 1 aromatic carbocycles. The molecule has 0 amide bonds. The molecule has 1 atom stereocenters. The zero-order chi connectivity index (χ0) is 12.5. The molecule has 1 aliphatic rings. The Bertz CT molecular complexity index is 374. The summed E-state index contributed by atoms with van der Waals surface area (Å²) in [4.78, 5) is 2.48. The average molecular weight is 232 g/mol. The smallest absolute Gasteiger partial charge is 0.0431 e. The molecular weight excluding hydrogens is 208 g/mol. The first-order chi connectivity index (χ1) is 8.07. The molecule has 1 fully saturated rings. The largest absolute Gasteiger partial charge is 0.369 e. The van der Waals surface area contributed by atoms with Crippen LogP contribution in [0, 0.1) is 0 Å². The quantitative estimate of drug-likeness (QED) is 0.868. The first kappa shape index (κ1) is 12.4. The first-order valence-electron chi connectivity index (χ1n) is 6.72. The van der Waals surface area contributed by atoms with E-state index in [9.17, 15) is 0 Å². The van der Waals surface area contributed by atoms with Gasteiger partial charge in [-0.1, -0.05) is 32.0 Å². The summed E-state index contributed by atoms with van der Waals surface area (Å²) < 4.78 is 0. The van der Waals surface area contributed by atoms with E-state index < -0.39 is 0 Å². The Hall–Kier alpha value is -1.02. The second kappa shape index (κ2) is 4.69. The second-order valence-electron chi connectivity index (χ2n) is 5.46. The van der Waals surface area contributed by atoms with Gasteiger partial charge >= 0.3 is 0 Å². The summed E-state index contributed by atoms with van der Waals surface area (Å²) in [6.45, 7) is 8.70. The highest BCUT2D eigenvalue weighted by Crippen LogP contribution is 2.31. The molecule has 2 nitrogen and oxygen atoms in total. The van der Waals surface area contributed by atoms with Crippen LogP contribution in [-0.2, 0) is 12.8 Å². The maximum atomic E-state index is 6.25. The molecule has 0 bridgehead atoms. The molecule has 2 heteroatoms. The predicted octanol–water partition coefficient (Wildman–Crippen LogP) is 2.74. The van der Waals surface area contributed by atoms with Gasteiger partial charge in [-0.2, -0.15) is 0 Å². The maximum Gasteiger partial charge on any atom is 0.0431 e. The third kappa shape index (κ3) is 2.47. The summed E-state index contributed by atoms with van der Waals surface area (Å²) in [6.07, 6.45) is 3.29. The van der Waals surface area contributed by atoms with Crippen molar-refractivity contribution < 1.29 is 0 Å². The zero-order valence-electron chi connectivity index (χ0n) is 11.3. The standard InChI is InChI=1S/C15H24N2/c1-4-12-7-6-8-13(5-2)14(12)17-10-9-15(3,16)11-17/h6-8H,4-5,9-11,16H2,1-3H3. The van der Waals surface area contributed by atoms with Gasteiger partial charge in [0.05, 0.1) is 0 Å². The number of para-hydroxylation sites is 1. The molecule has 17 heavy (non-hydrogen) atoms. The normalized spacial score (nSPS) is 24.4. The first-order valence-corrected chi connectivity index (χ1v) is 6.72. The van der Waals surface area contributed by atoms with Gasteiger partial charge in [-0.3, -0.25) is 0 Å². The van der Waals surface area contributed by atoms with E-state index in [4.69, 9.17) is 5.73 Å². The summed E-state index contributed by atoms with van der Waals surface area (Å²) in [7, 11) is 0. The molecule has 0 radical (unpaired) electrons. The van der Waals surface area contributed by atoms with Gasteiger partial charge in [0.15, 0.2) is 0 Å². The van der Waals surface area contributed by atoms with Crippen molar-refractivity contribution in [1.82, 2.24) is 0 Å². The van der Waals surface area contributed by atoms with Crippen molar-refractivity contribution in [3.05, 3.63) is 29.3 Å². The van der Waals surface area contributed by atoms with Crippen molar-refractivity contribution in [2.45, 2.75) is 45.6 Å². The number of benzene rings is 1. The van der Waals surface area contributed by atoms with Gasteiger partial charge in [0.1, 0.15) is 0 Å². The minimum absolute atomic E-state index is 0.0220. The van der Waals surface area contributed by atoms with E-state index in [1.165, 1.54) is 16.8 Å². The Morgan fingerprint density at radius 1 is 1.24 bits per heavy atom. The van der Waals surface area contributed by atoms with Gasteiger partial charge in [-0.15, -0.1) is 0 Å². The maximum absolute atomic E-state index is 6.25. The molecule has 2 N–H and O–H groups in total. The fourth-order valence-corrected chi connectivity index (χ4v) is 2.80. The molecule has 94 valence electrons. The Balaban J connectivity index is 2.37. The number of hydrogen-bond acceptors (Lipinski definition) is 2. The summed E-state index contributed by atoms with van der Waals surface area (Å²) in [5.41, 5.74) is 10.6. The number of anilines is 1. The van der Waals surface area contributed by atoms with Gasteiger partial charge in [-0.25, -0.2) is 0 Å². The van der Waals surface area contributed by atoms with Crippen molar-refractivity contribution in [3.8, 4) is 0 Å². The monoisotopic (exact) mass is 232 g/mol. The summed E-state index contributed by atoms with van der Waals surface area (Å²) in [5.74, 6) is 0. The molecule has 0 saturated carbocycles. The lowest BCUT2D eigenvalue weighted by Crippen LogP contribution is -2.39. The molecule has 1 saturated heterocycles. The van der Waals surface area contributed by atoms with E-state index in [0.717, 1.165) is 32.4 Å². The van der Waals surface area contributed by atoms with E-state index in [-0.39, 0.29) is 5.54 Å². The van der Waals surface area contributed by atoms with Gasteiger partial charge in [0, 0.05) is 24.3 Å². The lowest BCUT2D eigenvalue weighted by Gasteiger charge is -2.26. The van der Waals surface area contributed by atoms with Gasteiger partial charge < -0.3 is 10.6 Å². The highest BCUT2D eigenvalue weighted by atomic mass is 15.2. The lowest BCUT2D eigenvalue weighted by atomic mass is 10.0. The van der Waals surface area contributed by atoms with Crippen LogP contribution in [0.15, 0.2) is 18.2 Å². The molecule has 0 spiro atoms. The summed E-state index contributed by atoms with van der Waals surface area (Å²) >= 11 is 0. The highest BCUT2D eigenvalue weighted by Gasteiger charge is 2.31. The number of nitrogens with zero attached hydrogens (tertiary/aromatic N) is 1. The highest BCUT2D eigenvalue weighted by molar-refractivity contribution is 5.61. The predicted molar refractivity (Wildman–Crippen MR) is 74.6 cm³/mol. The van der Waals surface area contributed by atoms with E-state index in [1.54, 1.807) is 0 Å². The summed E-state index contributed by atoms with van der Waals surface area (Å²) in [5, 5.41) is 0. The van der Waals surface area contributed by atoms with Crippen molar-refractivity contribution in [2.24, 2.45) is 5.73 Å².